The molecule has 2 aromatic heterocycles. The Morgan fingerprint density at radius 2 is 1.92 bits per heavy atom. The number of halogens is 1. The van der Waals surface area contributed by atoms with Crippen molar-refractivity contribution in [2.75, 3.05) is 31.1 Å². The Labute approximate surface area is 137 Å². The molecule has 3 aromatic rings. The Balaban J connectivity index is 1.45. The van der Waals surface area contributed by atoms with E-state index in [0.29, 0.717) is 37.4 Å². The van der Waals surface area contributed by atoms with Crippen LogP contribution in [0, 0.1) is 5.82 Å². The third kappa shape index (κ3) is 2.66. The van der Waals surface area contributed by atoms with E-state index in [1.165, 1.54) is 12.1 Å². The second-order valence-electron chi connectivity index (χ2n) is 5.61. The molecule has 122 valence electrons. The van der Waals surface area contributed by atoms with Crippen LogP contribution in [0.25, 0.3) is 5.65 Å². The summed E-state index contributed by atoms with van der Waals surface area (Å²) in [5.74, 6) is 0.280. The fourth-order valence-corrected chi connectivity index (χ4v) is 2.83. The van der Waals surface area contributed by atoms with Gasteiger partial charge >= 0.3 is 0 Å². The van der Waals surface area contributed by atoms with Crippen LogP contribution in [-0.4, -0.2) is 56.8 Å². The third-order valence-corrected chi connectivity index (χ3v) is 4.11. The number of anilines is 1. The van der Waals surface area contributed by atoms with Crippen molar-refractivity contribution in [1.82, 2.24) is 24.7 Å². The van der Waals surface area contributed by atoms with Crippen molar-refractivity contribution in [2.45, 2.75) is 0 Å². The second-order valence-corrected chi connectivity index (χ2v) is 5.61. The van der Waals surface area contributed by atoms with Crippen molar-refractivity contribution in [2.24, 2.45) is 0 Å². The first kappa shape index (κ1) is 14.6. The van der Waals surface area contributed by atoms with Gasteiger partial charge in [-0.25, -0.2) is 4.39 Å². The predicted octanol–water partition coefficient (Wildman–Crippen LogP) is 1.23. The Morgan fingerprint density at radius 3 is 2.71 bits per heavy atom. The highest BCUT2D eigenvalue weighted by molar-refractivity contribution is 5.94. The van der Waals surface area contributed by atoms with Crippen LogP contribution in [-0.2, 0) is 0 Å². The van der Waals surface area contributed by atoms with Gasteiger partial charge in [-0.05, 0) is 30.3 Å². The van der Waals surface area contributed by atoms with Crippen molar-refractivity contribution < 1.29 is 9.18 Å². The van der Waals surface area contributed by atoms with Gasteiger partial charge in [0.1, 0.15) is 18.0 Å². The SMILES string of the molecule is O=C(c1cccc(F)c1)N1CCN(c2ccc3nncn3n2)CC1. The van der Waals surface area contributed by atoms with E-state index in [-0.39, 0.29) is 5.91 Å². The minimum Gasteiger partial charge on any atom is -0.352 e. The lowest BCUT2D eigenvalue weighted by Crippen LogP contribution is -2.49. The topological polar surface area (TPSA) is 66.6 Å². The van der Waals surface area contributed by atoms with Gasteiger partial charge in [-0.15, -0.1) is 15.3 Å². The number of hydrogen-bond acceptors (Lipinski definition) is 5. The lowest BCUT2D eigenvalue weighted by Gasteiger charge is -2.35. The van der Waals surface area contributed by atoms with E-state index in [2.05, 4.69) is 20.2 Å². The highest BCUT2D eigenvalue weighted by Crippen LogP contribution is 2.16. The van der Waals surface area contributed by atoms with E-state index in [1.807, 2.05) is 12.1 Å². The van der Waals surface area contributed by atoms with Crippen LogP contribution in [0.2, 0.25) is 0 Å². The highest BCUT2D eigenvalue weighted by Gasteiger charge is 2.23. The zero-order valence-corrected chi connectivity index (χ0v) is 12.8. The van der Waals surface area contributed by atoms with Gasteiger partial charge < -0.3 is 9.80 Å². The third-order valence-electron chi connectivity index (χ3n) is 4.11. The smallest absolute Gasteiger partial charge is 0.254 e. The van der Waals surface area contributed by atoms with Crippen LogP contribution in [0.15, 0.2) is 42.7 Å². The molecule has 0 bridgehead atoms. The molecule has 1 aliphatic heterocycles. The van der Waals surface area contributed by atoms with Crippen LogP contribution in [0.3, 0.4) is 0 Å². The molecule has 3 heterocycles. The molecule has 1 aromatic carbocycles. The highest BCUT2D eigenvalue weighted by atomic mass is 19.1. The molecular formula is C16H15FN6O. The fourth-order valence-electron chi connectivity index (χ4n) is 2.83. The maximum atomic E-state index is 13.3. The molecule has 7 nitrogen and oxygen atoms in total. The molecular weight excluding hydrogens is 311 g/mol. The first-order valence-corrected chi connectivity index (χ1v) is 7.67. The molecule has 4 rings (SSSR count). The van der Waals surface area contributed by atoms with Gasteiger partial charge in [0, 0.05) is 31.7 Å². The lowest BCUT2D eigenvalue weighted by molar-refractivity contribution is 0.0746. The maximum Gasteiger partial charge on any atom is 0.254 e. The summed E-state index contributed by atoms with van der Waals surface area (Å²) < 4.78 is 14.9. The van der Waals surface area contributed by atoms with E-state index in [1.54, 1.807) is 27.9 Å². The molecule has 1 amide bonds. The van der Waals surface area contributed by atoms with E-state index < -0.39 is 5.82 Å². The van der Waals surface area contributed by atoms with Gasteiger partial charge in [0.2, 0.25) is 0 Å². The number of hydrogen-bond donors (Lipinski definition) is 0. The van der Waals surface area contributed by atoms with Crippen LogP contribution >= 0.6 is 0 Å². The van der Waals surface area contributed by atoms with Gasteiger partial charge in [-0.1, -0.05) is 6.07 Å². The number of amides is 1. The van der Waals surface area contributed by atoms with Gasteiger partial charge in [-0.2, -0.15) is 4.52 Å². The monoisotopic (exact) mass is 326 g/mol. The summed E-state index contributed by atoms with van der Waals surface area (Å²) in [6.45, 7) is 2.47. The molecule has 0 saturated carbocycles. The summed E-state index contributed by atoms with van der Waals surface area (Å²) in [6, 6.07) is 9.56. The van der Waals surface area contributed by atoms with Crippen molar-refractivity contribution in [3.63, 3.8) is 0 Å². The lowest BCUT2D eigenvalue weighted by atomic mass is 10.1. The number of carbonyl (C=O) groups is 1. The molecule has 0 unspecified atom stereocenters. The molecule has 0 aliphatic carbocycles. The summed E-state index contributed by atoms with van der Waals surface area (Å²) in [7, 11) is 0. The Kier molecular flexibility index (Phi) is 3.56. The number of nitrogens with zero attached hydrogens (tertiary/aromatic N) is 6. The number of carbonyl (C=O) groups excluding carboxylic acids is 1. The zero-order valence-electron chi connectivity index (χ0n) is 12.8. The van der Waals surface area contributed by atoms with Gasteiger partial charge in [0.25, 0.3) is 5.91 Å². The van der Waals surface area contributed by atoms with Crippen molar-refractivity contribution in [3.05, 3.63) is 54.1 Å². The Hall–Kier alpha value is -3.03. The average molecular weight is 326 g/mol. The largest absolute Gasteiger partial charge is 0.352 e. The molecule has 0 radical (unpaired) electrons. The minimum atomic E-state index is -0.397. The molecule has 0 atom stereocenters. The van der Waals surface area contributed by atoms with Gasteiger partial charge in [-0.3, -0.25) is 4.79 Å². The maximum absolute atomic E-state index is 13.3. The number of benzene rings is 1. The average Bonchev–Trinajstić information content (AvgIpc) is 3.09. The van der Waals surface area contributed by atoms with Crippen LogP contribution in [0.5, 0.6) is 0 Å². The first-order valence-electron chi connectivity index (χ1n) is 7.67. The summed E-state index contributed by atoms with van der Waals surface area (Å²) >= 11 is 0. The first-order chi connectivity index (χ1) is 11.7. The fraction of sp³-hybridized carbons (Fsp3) is 0.250. The number of aromatic nitrogens is 4. The molecule has 0 N–H and O–H groups in total. The molecule has 24 heavy (non-hydrogen) atoms. The van der Waals surface area contributed by atoms with Gasteiger partial charge in [0.15, 0.2) is 5.65 Å². The van der Waals surface area contributed by atoms with Crippen LogP contribution in [0.4, 0.5) is 10.2 Å². The zero-order chi connectivity index (χ0) is 16.5. The van der Waals surface area contributed by atoms with E-state index in [4.69, 9.17) is 0 Å². The van der Waals surface area contributed by atoms with Crippen molar-refractivity contribution in [1.29, 1.82) is 0 Å². The summed E-state index contributed by atoms with van der Waals surface area (Å²) in [5, 5.41) is 12.2. The van der Waals surface area contributed by atoms with Gasteiger partial charge in [0.05, 0.1) is 0 Å². The second kappa shape index (κ2) is 5.88. The quantitative estimate of drug-likeness (QED) is 0.708. The molecule has 1 aliphatic rings. The summed E-state index contributed by atoms with van der Waals surface area (Å²) in [6.07, 6.45) is 1.56. The molecule has 0 spiro atoms. The number of rotatable bonds is 2. The molecule has 1 saturated heterocycles. The number of piperazine rings is 1. The summed E-state index contributed by atoms with van der Waals surface area (Å²) in [5.41, 5.74) is 1.08. The Morgan fingerprint density at radius 1 is 1.08 bits per heavy atom. The normalized spacial score (nSPS) is 15.0. The molecule has 1 fully saturated rings. The summed E-state index contributed by atoms with van der Waals surface area (Å²) in [4.78, 5) is 16.3. The standard InChI is InChI=1S/C16H15FN6O/c17-13-3-1-2-12(10-13)16(24)22-8-6-21(7-9-22)15-5-4-14-19-18-11-23(14)20-15/h1-5,10-11H,6-9H2. The molecule has 8 heteroatoms. The number of fused-ring (bicyclic) bond motifs is 1. The van der Waals surface area contributed by atoms with Crippen LogP contribution in [0.1, 0.15) is 10.4 Å². The van der Waals surface area contributed by atoms with E-state index >= 15 is 0 Å². The Bertz CT molecular complexity index is 887. The van der Waals surface area contributed by atoms with E-state index in [9.17, 15) is 9.18 Å². The minimum absolute atomic E-state index is 0.142. The van der Waals surface area contributed by atoms with Crippen molar-refractivity contribution >= 4 is 17.4 Å². The van der Waals surface area contributed by atoms with Crippen molar-refractivity contribution in [3.8, 4) is 0 Å². The van der Waals surface area contributed by atoms with E-state index in [0.717, 1.165) is 5.82 Å². The predicted molar refractivity (Wildman–Crippen MR) is 85.3 cm³/mol. The van der Waals surface area contributed by atoms with Crippen LogP contribution < -0.4 is 4.90 Å².